The zero-order valence-electron chi connectivity index (χ0n) is 12.0. The number of nitrogens with zero attached hydrogens (tertiary/aromatic N) is 3. The number of pyridine rings is 1. The molecule has 0 saturated heterocycles. The molecule has 0 aliphatic rings. The van der Waals surface area contributed by atoms with E-state index in [-0.39, 0.29) is 6.04 Å². The second-order valence-electron chi connectivity index (χ2n) is 4.96. The Kier molecular flexibility index (Phi) is 4.07. The molecule has 0 radical (unpaired) electrons. The maximum Gasteiger partial charge on any atom is 0.122 e. The van der Waals surface area contributed by atoms with Crippen molar-refractivity contribution in [2.24, 2.45) is 7.05 Å². The van der Waals surface area contributed by atoms with Gasteiger partial charge in [0.15, 0.2) is 0 Å². The summed E-state index contributed by atoms with van der Waals surface area (Å²) in [6, 6.07) is 14.6. The van der Waals surface area contributed by atoms with E-state index >= 15 is 0 Å². The number of nitrogens with one attached hydrogen (secondary N) is 1. The Morgan fingerprint density at radius 1 is 1.00 bits per heavy atom. The van der Waals surface area contributed by atoms with Crippen LogP contribution >= 0.6 is 0 Å². The van der Waals surface area contributed by atoms with Crippen molar-refractivity contribution in [3.05, 3.63) is 84.2 Å². The molecule has 3 rings (SSSR count). The lowest BCUT2D eigenvalue weighted by Crippen LogP contribution is -2.23. The van der Waals surface area contributed by atoms with Crippen LogP contribution in [0, 0.1) is 0 Å². The van der Waals surface area contributed by atoms with Crippen molar-refractivity contribution in [2.45, 2.75) is 12.6 Å². The third-order valence-corrected chi connectivity index (χ3v) is 3.56. The lowest BCUT2D eigenvalue weighted by molar-refractivity contribution is 0.574. The Hall–Kier alpha value is -2.46. The Bertz CT molecular complexity index is 637. The Morgan fingerprint density at radius 3 is 2.38 bits per heavy atom. The Labute approximate surface area is 124 Å². The van der Waals surface area contributed by atoms with Gasteiger partial charge in [-0.1, -0.05) is 30.3 Å². The van der Waals surface area contributed by atoms with Gasteiger partial charge >= 0.3 is 0 Å². The molecule has 2 heterocycles. The van der Waals surface area contributed by atoms with E-state index in [1.54, 1.807) is 0 Å². The summed E-state index contributed by atoms with van der Waals surface area (Å²) in [4.78, 5) is 8.46. The fourth-order valence-electron chi connectivity index (χ4n) is 2.39. The van der Waals surface area contributed by atoms with Gasteiger partial charge in [0.25, 0.3) is 0 Å². The van der Waals surface area contributed by atoms with Crippen LogP contribution in [0.1, 0.15) is 23.0 Å². The van der Waals surface area contributed by atoms with Gasteiger partial charge in [0.2, 0.25) is 0 Å². The van der Waals surface area contributed by atoms with Crippen LogP contribution in [-0.4, -0.2) is 14.5 Å². The molecule has 0 spiro atoms. The fourth-order valence-corrected chi connectivity index (χ4v) is 2.39. The second kappa shape index (κ2) is 6.33. The molecule has 1 atom stereocenters. The fraction of sp³-hybridized carbons (Fsp3) is 0.176. The summed E-state index contributed by atoms with van der Waals surface area (Å²) in [5.41, 5.74) is 2.43. The summed E-state index contributed by atoms with van der Waals surface area (Å²) in [6.45, 7) is 0.714. The average Bonchev–Trinajstić information content (AvgIpc) is 2.95. The largest absolute Gasteiger partial charge is 0.337 e. The van der Waals surface area contributed by atoms with Crippen molar-refractivity contribution in [3.63, 3.8) is 0 Å². The molecule has 4 heteroatoms. The number of aromatic nitrogens is 3. The maximum atomic E-state index is 4.36. The molecular weight excluding hydrogens is 260 g/mol. The summed E-state index contributed by atoms with van der Waals surface area (Å²) >= 11 is 0. The van der Waals surface area contributed by atoms with Crippen LogP contribution in [0.2, 0.25) is 0 Å². The highest BCUT2D eigenvalue weighted by atomic mass is 15.1. The van der Waals surface area contributed by atoms with Gasteiger partial charge in [-0.15, -0.1) is 0 Å². The molecule has 2 aromatic heterocycles. The van der Waals surface area contributed by atoms with Gasteiger partial charge in [-0.05, 0) is 23.3 Å². The van der Waals surface area contributed by atoms with Crippen LogP contribution < -0.4 is 5.32 Å². The molecule has 21 heavy (non-hydrogen) atoms. The quantitative estimate of drug-likeness (QED) is 0.780. The zero-order valence-corrected chi connectivity index (χ0v) is 12.0. The zero-order chi connectivity index (χ0) is 14.5. The van der Waals surface area contributed by atoms with Gasteiger partial charge in [0.1, 0.15) is 5.82 Å². The lowest BCUT2D eigenvalue weighted by Gasteiger charge is -2.19. The molecule has 0 aliphatic carbocycles. The highest BCUT2D eigenvalue weighted by molar-refractivity contribution is 5.30. The van der Waals surface area contributed by atoms with Crippen LogP contribution in [0.5, 0.6) is 0 Å². The van der Waals surface area contributed by atoms with E-state index in [0.29, 0.717) is 6.54 Å². The topological polar surface area (TPSA) is 42.7 Å². The number of imidazole rings is 1. The molecule has 0 aliphatic heterocycles. The first-order chi connectivity index (χ1) is 10.3. The van der Waals surface area contributed by atoms with Crippen molar-refractivity contribution in [1.29, 1.82) is 0 Å². The molecule has 4 nitrogen and oxygen atoms in total. The van der Waals surface area contributed by atoms with Crippen molar-refractivity contribution < 1.29 is 0 Å². The van der Waals surface area contributed by atoms with Crippen molar-refractivity contribution >= 4 is 0 Å². The highest BCUT2D eigenvalue weighted by Crippen LogP contribution is 2.21. The van der Waals surface area contributed by atoms with Crippen molar-refractivity contribution in [1.82, 2.24) is 19.9 Å². The number of hydrogen-bond acceptors (Lipinski definition) is 3. The smallest absolute Gasteiger partial charge is 0.122 e. The predicted molar refractivity (Wildman–Crippen MR) is 82.6 cm³/mol. The minimum Gasteiger partial charge on any atom is -0.337 e. The average molecular weight is 278 g/mol. The van der Waals surface area contributed by atoms with Crippen LogP contribution in [0.15, 0.2) is 67.3 Å². The molecule has 106 valence electrons. The van der Waals surface area contributed by atoms with Crippen LogP contribution in [-0.2, 0) is 13.6 Å². The first kappa shape index (κ1) is 13.5. The van der Waals surface area contributed by atoms with E-state index in [9.17, 15) is 0 Å². The molecule has 0 bridgehead atoms. The van der Waals surface area contributed by atoms with Gasteiger partial charge in [-0.3, -0.25) is 10.3 Å². The van der Waals surface area contributed by atoms with E-state index in [1.165, 1.54) is 11.1 Å². The molecule has 0 fully saturated rings. The number of hydrogen-bond donors (Lipinski definition) is 1. The minimum atomic E-state index is 0.130. The minimum absolute atomic E-state index is 0.130. The first-order valence-corrected chi connectivity index (χ1v) is 6.99. The number of rotatable bonds is 5. The lowest BCUT2D eigenvalue weighted by atomic mass is 10.00. The normalized spacial score (nSPS) is 12.2. The van der Waals surface area contributed by atoms with Crippen LogP contribution in [0.4, 0.5) is 0 Å². The summed E-state index contributed by atoms with van der Waals surface area (Å²) in [5, 5.41) is 3.58. The molecule has 1 unspecified atom stereocenters. The van der Waals surface area contributed by atoms with Crippen molar-refractivity contribution in [2.75, 3.05) is 0 Å². The summed E-state index contributed by atoms with van der Waals surface area (Å²) in [7, 11) is 2.01. The summed E-state index contributed by atoms with van der Waals surface area (Å²) in [5.74, 6) is 1.02. The Morgan fingerprint density at radius 2 is 1.71 bits per heavy atom. The molecule has 1 N–H and O–H groups in total. The van der Waals surface area contributed by atoms with E-state index in [1.807, 2.05) is 54.6 Å². The van der Waals surface area contributed by atoms with Gasteiger partial charge in [0.05, 0.1) is 12.6 Å². The van der Waals surface area contributed by atoms with E-state index in [0.717, 1.165) is 5.82 Å². The van der Waals surface area contributed by atoms with Crippen LogP contribution in [0.25, 0.3) is 0 Å². The number of benzene rings is 1. The van der Waals surface area contributed by atoms with E-state index in [2.05, 4.69) is 39.6 Å². The van der Waals surface area contributed by atoms with Gasteiger partial charge in [-0.2, -0.15) is 0 Å². The maximum absolute atomic E-state index is 4.36. The first-order valence-electron chi connectivity index (χ1n) is 6.99. The molecule has 0 amide bonds. The SMILES string of the molecule is Cn1ccnc1CNC(c1ccccc1)c1ccncc1. The van der Waals surface area contributed by atoms with Crippen molar-refractivity contribution in [3.8, 4) is 0 Å². The van der Waals surface area contributed by atoms with Gasteiger partial charge < -0.3 is 4.57 Å². The summed E-state index contributed by atoms with van der Waals surface area (Å²) < 4.78 is 2.03. The van der Waals surface area contributed by atoms with E-state index in [4.69, 9.17) is 0 Å². The number of aryl methyl sites for hydroxylation is 1. The third kappa shape index (κ3) is 3.17. The third-order valence-electron chi connectivity index (χ3n) is 3.56. The predicted octanol–water partition coefficient (Wildman–Crippen LogP) is 2.69. The standard InChI is InChI=1S/C17H18N4/c1-21-12-11-19-16(21)13-20-17(14-5-3-2-4-6-14)15-7-9-18-10-8-15/h2-12,17,20H,13H2,1H3. The summed E-state index contributed by atoms with van der Waals surface area (Å²) in [6.07, 6.45) is 7.43. The highest BCUT2D eigenvalue weighted by Gasteiger charge is 2.14. The molecular formula is C17H18N4. The molecule has 0 saturated carbocycles. The van der Waals surface area contributed by atoms with E-state index < -0.39 is 0 Å². The molecule has 3 aromatic rings. The Balaban J connectivity index is 1.85. The monoisotopic (exact) mass is 278 g/mol. The van der Waals surface area contributed by atoms with Crippen LogP contribution in [0.3, 0.4) is 0 Å². The molecule has 1 aromatic carbocycles. The second-order valence-corrected chi connectivity index (χ2v) is 4.96. The van der Waals surface area contributed by atoms with Gasteiger partial charge in [-0.25, -0.2) is 4.98 Å². The van der Waals surface area contributed by atoms with Gasteiger partial charge in [0, 0.05) is 31.8 Å².